The average molecular weight is 164 g/mol. The third-order valence-electron chi connectivity index (χ3n) is 1.71. The van der Waals surface area contributed by atoms with Crippen LogP contribution in [-0.2, 0) is 0 Å². The van der Waals surface area contributed by atoms with Crippen molar-refractivity contribution in [1.82, 2.24) is 0 Å². The van der Waals surface area contributed by atoms with Crippen molar-refractivity contribution in [1.29, 1.82) is 0 Å². The van der Waals surface area contributed by atoms with E-state index in [1.165, 1.54) is 5.57 Å². The van der Waals surface area contributed by atoms with Crippen molar-refractivity contribution in [2.45, 2.75) is 27.7 Å². The lowest BCUT2D eigenvalue weighted by Crippen LogP contribution is -1.81. The minimum Gasteiger partial charge on any atom is -0.462 e. The third kappa shape index (κ3) is 2.26. The molecule has 0 unspecified atom stereocenters. The Morgan fingerprint density at radius 2 is 2.08 bits per heavy atom. The predicted molar refractivity (Wildman–Crippen MR) is 51.9 cm³/mol. The summed E-state index contributed by atoms with van der Waals surface area (Å²) < 4.78 is 5.48. The van der Waals surface area contributed by atoms with Gasteiger partial charge in [-0.2, -0.15) is 0 Å². The molecule has 0 radical (unpaired) electrons. The zero-order valence-corrected chi connectivity index (χ0v) is 8.22. The molecule has 0 aliphatic rings. The lowest BCUT2D eigenvalue weighted by molar-refractivity contribution is 0.520. The summed E-state index contributed by atoms with van der Waals surface area (Å²) in [5.74, 6) is 2.54. The van der Waals surface area contributed by atoms with Gasteiger partial charge in [-0.3, -0.25) is 0 Å². The van der Waals surface area contributed by atoms with Crippen LogP contribution >= 0.6 is 0 Å². The fourth-order valence-electron chi connectivity index (χ4n) is 1.23. The second-order valence-corrected chi connectivity index (χ2v) is 3.50. The first kappa shape index (κ1) is 9.11. The quantitative estimate of drug-likeness (QED) is 0.650. The maximum atomic E-state index is 5.48. The minimum atomic E-state index is 0.579. The van der Waals surface area contributed by atoms with Gasteiger partial charge in [-0.25, -0.2) is 0 Å². The van der Waals surface area contributed by atoms with E-state index in [9.17, 15) is 0 Å². The molecule has 0 N–H and O–H groups in total. The highest BCUT2D eigenvalue weighted by molar-refractivity contribution is 5.59. The first-order chi connectivity index (χ1) is 5.59. The molecule has 1 nitrogen and oxygen atoms in total. The van der Waals surface area contributed by atoms with Gasteiger partial charge in [-0.15, -0.1) is 0 Å². The minimum absolute atomic E-state index is 0.579. The van der Waals surface area contributed by atoms with Gasteiger partial charge in [0.15, 0.2) is 0 Å². The molecule has 1 aromatic rings. The van der Waals surface area contributed by atoms with Crippen LogP contribution in [0.5, 0.6) is 0 Å². The Morgan fingerprint density at radius 1 is 1.42 bits per heavy atom. The van der Waals surface area contributed by atoms with Gasteiger partial charge in [-0.05, 0) is 37.5 Å². The molecule has 0 aromatic carbocycles. The summed E-state index contributed by atoms with van der Waals surface area (Å²) in [5, 5.41) is 0. The summed E-state index contributed by atoms with van der Waals surface area (Å²) in [6, 6.07) is 4.01. The van der Waals surface area contributed by atoms with Crippen LogP contribution in [0.2, 0.25) is 0 Å². The van der Waals surface area contributed by atoms with Gasteiger partial charge in [0.2, 0.25) is 0 Å². The van der Waals surface area contributed by atoms with Crippen LogP contribution in [-0.4, -0.2) is 0 Å². The van der Waals surface area contributed by atoms with E-state index in [0.717, 1.165) is 11.5 Å². The van der Waals surface area contributed by atoms with E-state index >= 15 is 0 Å². The molecule has 0 spiro atoms. The largest absolute Gasteiger partial charge is 0.462 e. The Balaban J connectivity index is 2.84. The molecule has 0 saturated carbocycles. The number of furan rings is 1. The molecule has 0 atom stereocenters. The molecule has 1 rings (SSSR count). The molecule has 0 saturated heterocycles. The molecule has 12 heavy (non-hydrogen) atoms. The first-order valence-electron chi connectivity index (χ1n) is 4.35. The summed E-state index contributed by atoms with van der Waals surface area (Å²) in [6.07, 6.45) is 2.21. The molecule has 0 aliphatic heterocycles. The number of rotatable bonds is 2. The van der Waals surface area contributed by atoms with Crippen molar-refractivity contribution in [2.24, 2.45) is 5.92 Å². The molecule has 1 heteroatoms. The summed E-state index contributed by atoms with van der Waals surface area (Å²) in [5.41, 5.74) is 1.22. The van der Waals surface area contributed by atoms with Crippen LogP contribution in [0.15, 0.2) is 22.6 Å². The highest BCUT2D eigenvalue weighted by Crippen LogP contribution is 2.18. The monoisotopic (exact) mass is 164 g/mol. The second-order valence-electron chi connectivity index (χ2n) is 3.50. The maximum absolute atomic E-state index is 5.48. The van der Waals surface area contributed by atoms with Gasteiger partial charge in [0.05, 0.1) is 0 Å². The van der Waals surface area contributed by atoms with E-state index in [4.69, 9.17) is 4.42 Å². The summed E-state index contributed by atoms with van der Waals surface area (Å²) in [4.78, 5) is 0. The maximum Gasteiger partial charge on any atom is 0.129 e. The SMILES string of the molecule is C/C(=C\C(C)C)c1ccc(C)o1. The van der Waals surface area contributed by atoms with Gasteiger partial charge < -0.3 is 4.42 Å². The highest BCUT2D eigenvalue weighted by atomic mass is 16.3. The van der Waals surface area contributed by atoms with E-state index in [1.54, 1.807) is 0 Å². The Morgan fingerprint density at radius 3 is 2.50 bits per heavy atom. The average Bonchev–Trinajstić information content (AvgIpc) is 2.34. The van der Waals surface area contributed by atoms with Crippen LogP contribution < -0.4 is 0 Å². The van der Waals surface area contributed by atoms with Crippen LogP contribution in [0.4, 0.5) is 0 Å². The zero-order chi connectivity index (χ0) is 9.14. The van der Waals surface area contributed by atoms with Gasteiger partial charge in [0.1, 0.15) is 11.5 Å². The molecule has 66 valence electrons. The number of allylic oxidation sites excluding steroid dienone is 2. The second kappa shape index (κ2) is 3.61. The summed E-state index contributed by atoms with van der Waals surface area (Å²) >= 11 is 0. The van der Waals surface area contributed by atoms with Gasteiger partial charge in [0, 0.05) is 0 Å². The molecule has 0 bridgehead atoms. The molecular weight excluding hydrogens is 148 g/mol. The van der Waals surface area contributed by atoms with Crippen molar-refractivity contribution in [3.8, 4) is 0 Å². The Hall–Kier alpha value is -0.980. The molecule has 0 amide bonds. The number of hydrogen-bond acceptors (Lipinski definition) is 1. The first-order valence-corrected chi connectivity index (χ1v) is 4.35. The highest BCUT2D eigenvalue weighted by Gasteiger charge is 2.00. The van der Waals surface area contributed by atoms with Crippen molar-refractivity contribution in [3.05, 3.63) is 29.7 Å². The van der Waals surface area contributed by atoms with Crippen LogP contribution in [0.25, 0.3) is 5.57 Å². The van der Waals surface area contributed by atoms with Gasteiger partial charge in [-0.1, -0.05) is 19.9 Å². The Bertz CT molecular complexity index is 279. The molecule has 0 fully saturated rings. The van der Waals surface area contributed by atoms with Crippen molar-refractivity contribution < 1.29 is 4.42 Å². The summed E-state index contributed by atoms with van der Waals surface area (Å²) in [7, 11) is 0. The van der Waals surface area contributed by atoms with Crippen LogP contribution in [0.1, 0.15) is 32.3 Å². The smallest absolute Gasteiger partial charge is 0.129 e. The van der Waals surface area contributed by atoms with E-state index in [2.05, 4.69) is 26.8 Å². The van der Waals surface area contributed by atoms with Crippen LogP contribution in [0, 0.1) is 12.8 Å². The number of hydrogen-bond donors (Lipinski definition) is 0. The Kier molecular flexibility index (Phi) is 2.74. The normalized spacial score (nSPS) is 12.6. The van der Waals surface area contributed by atoms with Crippen LogP contribution in [0.3, 0.4) is 0 Å². The van der Waals surface area contributed by atoms with Crippen molar-refractivity contribution in [2.75, 3.05) is 0 Å². The molecule has 0 aliphatic carbocycles. The topological polar surface area (TPSA) is 13.1 Å². The van der Waals surface area contributed by atoms with Gasteiger partial charge >= 0.3 is 0 Å². The number of aryl methyl sites for hydroxylation is 1. The van der Waals surface area contributed by atoms with E-state index in [0.29, 0.717) is 5.92 Å². The molecule has 1 aromatic heterocycles. The fraction of sp³-hybridized carbons (Fsp3) is 0.455. The van der Waals surface area contributed by atoms with Gasteiger partial charge in [0.25, 0.3) is 0 Å². The predicted octanol–water partition coefficient (Wildman–Crippen LogP) is 3.65. The molecular formula is C11H16O. The zero-order valence-electron chi connectivity index (χ0n) is 8.22. The van der Waals surface area contributed by atoms with E-state index < -0.39 is 0 Å². The summed E-state index contributed by atoms with van der Waals surface area (Å²) in [6.45, 7) is 8.38. The lowest BCUT2D eigenvalue weighted by Gasteiger charge is -1.98. The van der Waals surface area contributed by atoms with Crippen molar-refractivity contribution in [3.63, 3.8) is 0 Å². The Labute approximate surface area is 74.1 Å². The standard InChI is InChI=1S/C11H16O/c1-8(2)7-9(3)11-6-5-10(4)12-11/h5-8H,1-4H3/b9-7+. The van der Waals surface area contributed by atoms with E-state index in [-0.39, 0.29) is 0 Å². The molecule has 1 heterocycles. The van der Waals surface area contributed by atoms with E-state index in [1.807, 2.05) is 19.1 Å². The third-order valence-corrected chi connectivity index (χ3v) is 1.71. The lowest BCUT2D eigenvalue weighted by atomic mass is 10.1. The fourth-order valence-corrected chi connectivity index (χ4v) is 1.23. The van der Waals surface area contributed by atoms with Crippen molar-refractivity contribution >= 4 is 5.57 Å².